The van der Waals surface area contributed by atoms with Crippen LogP contribution in [0.4, 0.5) is 5.69 Å². The van der Waals surface area contributed by atoms with Crippen LogP contribution < -0.4 is 10.2 Å². The number of hydrogen-bond acceptors (Lipinski definition) is 3. The zero-order valence-corrected chi connectivity index (χ0v) is 13.0. The lowest BCUT2D eigenvalue weighted by Gasteiger charge is -2.24. The summed E-state index contributed by atoms with van der Waals surface area (Å²) < 4.78 is 0. The maximum absolute atomic E-state index is 9.38. The molecule has 0 aliphatic rings. The van der Waals surface area contributed by atoms with Gasteiger partial charge >= 0.3 is 0 Å². The Morgan fingerprint density at radius 1 is 1.32 bits per heavy atom. The number of anilines is 1. The van der Waals surface area contributed by atoms with Crippen LogP contribution in [0, 0.1) is 0 Å². The minimum atomic E-state index is -0.279. The van der Waals surface area contributed by atoms with Crippen molar-refractivity contribution in [3.05, 3.63) is 28.8 Å². The van der Waals surface area contributed by atoms with Crippen molar-refractivity contribution < 1.29 is 5.11 Å². The lowest BCUT2D eigenvalue weighted by molar-refractivity contribution is 0.187. The Morgan fingerprint density at radius 2 is 2.00 bits per heavy atom. The second kappa shape index (κ2) is 7.73. The number of nitrogens with one attached hydrogen (secondary N) is 1. The third kappa shape index (κ3) is 5.39. The van der Waals surface area contributed by atoms with Gasteiger partial charge in [0.25, 0.3) is 0 Å². The Balaban J connectivity index is 2.83. The molecule has 0 saturated carbocycles. The summed E-state index contributed by atoms with van der Waals surface area (Å²) >= 11 is 6.30. The Morgan fingerprint density at radius 3 is 2.58 bits per heavy atom. The van der Waals surface area contributed by atoms with Gasteiger partial charge in [-0.3, -0.25) is 0 Å². The van der Waals surface area contributed by atoms with Gasteiger partial charge in [-0.25, -0.2) is 0 Å². The van der Waals surface area contributed by atoms with Gasteiger partial charge in [-0.2, -0.15) is 0 Å². The van der Waals surface area contributed by atoms with Crippen molar-refractivity contribution in [2.45, 2.75) is 45.9 Å². The monoisotopic (exact) mass is 284 g/mol. The molecule has 2 N–H and O–H groups in total. The number of rotatable bonds is 7. The zero-order valence-electron chi connectivity index (χ0n) is 12.3. The molecule has 0 aliphatic heterocycles. The van der Waals surface area contributed by atoms with E-state index in [0.717, 1.165) is 35.8 Å². The van der Waals surface area contributed by atoms with Crippen LogP contribution in [0.5, 0.6) is 0 Å². The van der Waals surface area contributed by atoms with E-state index in [1.54, 1.807) is 0 Å². The van der Waals surface area contributed by atoms with E-state index in [-0.39, 0.29) is 6.10 Å². The first-order valence-electron chi connectivity index (χ1n) is 6.81. The number of hydrogen-bond donors (Lipinski definition) is 2. The summed E-state index contributed by atoms with van der Waals surface area (Å²) in [6, 6.07) is 6.39. The fourth-order valence-corrected chi connectivity index (χ4v) is 2.12. The first-order chi connectivity index (χ1) is 8.91. The average molecular weight is 285 g/mol. The Kier molecular flexibility index (Phi) is 6.63. The van der Waals surface area contributed by atoms with Crippen molar-refractivity contribution in [2.24, 2.45) is 0 Å². The van der Waals surface area contributed by atoms with E-state index in [0.29, 0.717) is 6.04 Å². The maximum Gasteiger partial charge on any atom is 0.0528 e. The molecule has 0 fully saturated rings. The summed E-state index contributed by atoms with van der Waals surface area (Å²) in [6.45, 7) is 7.62. The predicted octanol–water partition coefficient (Wildman–Crippen LogP) is 3.05. The molecule has 1 aromatic rings. The standard InChI is InChI=1S/C15H25ClN2O/c1-11(2)17-10-13-14(16)6-5-7-15(13)18(4)9-8-12(3)19/h5-7,11-12,17,19H,8-10H2,1-4H3. The first-order valence-corrected chi connectivity index (χ1v) is 7.19. The molecule has 1 aromatic carbocycles. The topological polar surface area (TPSA) is 35.5 Å². The summed E-state index contributed by atoms with van der Waals surface area (Å²) in [5, 5.41) is 13.6. The molecule has 0 amide bonds. The van der Waals surface area contributed by atoms with Crippen molar-refractivity contribution in [1.29, 1.82) is 0 Å². The molecule has 0 bridgehead atoms. The molecule has 1 unspecified atom stereocenters. The average Bonchev–Trinajstić information content (AvgIpc) is 2.33. The number of aliphatic hydroxyl groups is 1. The van der Waals surface area contributed by atoms with Gasteiger partial charge in [0.1, 0.15) is 0 Å². The third-order valence-electron chi connectivity index (χ3n) is 3.07. The molecule has 108 valence electrons. The predicted molar refractivity (Wildman–Crippen MR) is 83.0 cm³/mol. The summed E-state index contributed by atoms with van der Waals surface area (Å²) in [4.78, 5) is 2.15. The smallest absolute Gasteiger partial charge is 0.0528 e. The molecular formula is C15H25ClN2O. The Bertz CT molecular complexity index is 394. The van der Waals surface area contributed by atoms with Crippen LogP contribution >= 0.6 is 11.6 Å². The highest BCUT2D eigenvalue weighted by Crippen LogP contribution is 2.27. The van der Waals surface area contributed by atoms with Crippen molar-refractivity contribution >= 4 is 17.3 Å². The van der Waals surface area contributed by atoms with E-state index in [9.17, 15) is 5.11 Å². The lowest BCUT2D eigenvalue weighted by Crippen LogP contribution is -2.26. The van der Waals surface area contributed by atoms with Crippen molar-refractivity contribution in [3.63, 3.8) is 0 Å². The summed E-state index contributed by atoms with van der Waals surface area (Å²) in [5.74, 6) is 0. The van der Waals surface area contributed by atoms with Gasteiger partial charge in [0.15, 0.2) is 0 Å². The van der Waals surface area contributed by atoms with Crippen molar-refractivity contribution in [1.82, 2.24) is 5.32 Å². The van der Waals surface area contributed by atoms with Crippen LogP contribution in [0.3, 0.4) is 0 Å². The number of aliphatic hydroxyl groups excluding tert-OH is 1. The molecule has 4 heteroatoms. The minimum absolute atomic E-state index is 0.279. The highest BCUT2D eigenvalue weighted by atomic mass is 35.5. The molecule has 3 nitrogen and oxygen atoms in total. The van der Waals surface area contributed by atoms with Gasteiger partial charge in [-0.05, 0) is 25.5 Å². The van der Waals surface area contributed by atoms with Gasteiger partial charge in [0.2, 0.25) is 0 Å². The number of benzene rings is 1. The van der Waals surface area contributed by atoms with Gasteiger partial charge in [0, 0.05) is 42.5 Å². The zero-order chi connectivity index (χ0) is 14.4. The fourth-order valence-electron chi connectivity index (χ4n) is 1.89. The van der Waals surface area contributed by atoms with E-state index in [2.05, 4.69) is 30.1 Å². The van der Waals surface area contributed by atoms with Crippen LogP contribution in [0.15, 0.2) is 18.2 Å². The van der Waals surface area contributed by atoms with Crippen LogP contribution in [0.25, 0.3) is 0 Å². The largest absolute Gasteiger partial charge is 0.393 e. The van der Waals surface area contributed by atoms with Gasteiger partial charge < -0.3 is 15.3 Å². The van der Waals surface area contributed by atoms with E-state index >= 15 is 0 Å². The number of halogens is 1. The van der Waals surface area contributed by atoms with Crippen LogP contribution in [0.1, 0.15) is 32.8 Å². The molecule has 1 atom stereocenters. The molecule has 19 heavy (non-hydrogen) atoms. The minimum Gasteiger partial charge on any atom is -0.393 e. The fraction of sp³-hybridized carbons (Fsp3) is 0.600. The van der Waals surface area contributed by atoms with E-state index in [1.807, 2.05) is 26.1 Å². The molecule has 0 heterocycles. The second-order valence-electron chi connectivity index (χ2n) is 5.33. The Hall–Kier alpha value is -0.770. The Labute approximate surface area is 121 Å². The molecule has 0 spiro atoms. The van der Waals surface area contributed by atoms with Gasteiger partial charge in [-0.15, -0.1) is 0 Å². The normalized spacial score (nSPS) is 12.8. The summed E-state index contributed by atoms with van der Waals surface area (Å²) in [7, 11) is 2.03. The van der Waals surface area contributed by atoms with Crippen LogP contribution in [0.2, 0.25) is 5.02 Å². The molecule has 0 aromatic heterocycles. The third-order valence-corrected chi connectivity index (χ3v) is 3.43. The summed E-state index contributed by atoms with van der Waals surface area (Å²) in [5.41, 5.74) is 2.24. The molecular weight excluding hydrogens is 260 g/mol. The van der Waals surface area contributed by atoms with Crippen LogP contribution in [-0.2, 0) is 6.54 Å². The molecule has 0 saturated heterocycles. The van der Waals surface area contributed by atoms with Crippen LogP contribution in [-0.4, -0.2) is 30.8 Å². The SMILES string of the molecule is CC(O)CCN(C)c1cccc(Cl)c1CNC(C)C. The second-order valence-corrected chi connectivity index (χ2v) is 5.74. The van der Waals surface area contributed by atoms with E-state index in [4.69, 9.17) is 11.6 Å². The van der Waals surface area contributed by atoms with Gasteiger partial charge in [0.05, 0.1) is 6.10 Å². The molecule has 1 rings (SSSR count). The highest BCUT2D eigenvalue weighted by Gasteiger charge is 2.11. The lowest BCUT2D eigenvalue weighted by atomic mass is 10.1. The first kappa shape index (κ1) is 16.3. The highest BCUT2D eigenvalue weighted by molar-refractivity contribution is 6.31. The quantitative estimate of drug-likeness (QED) is 0.808. The van der Waals surface area contributed by atoms with E-state index in [1.165, 1.54) is 0 Å². The summed E-state index contributed by atoms with van der Waals surface area (Å²) in [6.07, 6.45) is 0.471. The van der Waals surface area contributed by atoms with Gasteiger partial charge in [-0.1, -0.05) is 31.5 Å². The van der Waals surface area contributed by atoms with E-state index < -0.39 is 0 Å². The number of nitrogens with zero attached hydrogens (tertiary/aromatic N) is 1. The molecule has 0 radical (unpaired) electrons. The van der Waals surface area contributed by atoms with Crippen molar-refractivity contribution in [2.75, 3.05) is 18.5 Å². The van der Waals surface area contributed by atoms with Crippen molar-refractivity contribution in [3.8, 4) is 0 Å². The maximum atomic E-state index is 9.38. The molecule has 0 aliphatic carbocycles.